The fraction of sp³-hybridized carbons (Fsp3) is 0.250. The largest absolute Gasteiger partial charge is 0.426 e. The van der Waals surface area contributed by atoms with Crippen molar-refractivity contribution in [3.05, 3.63) is 71.6 Å². The molecule has 3 rings (SSSR count). The molecule has 1 aromatic heterocycles. The summed E-state index contributed by atoms with van der Waals surface area (Å²) in [4.78, 5) is 3.76. The smallest absolute Gasteiger partial charge is 0.302 e. The molecule has 0 aliphatic rings. The van der Waals surface area contributed by atoms with Gasteiger partial charge in [0.2, 0.25) is 10.0 Å². The van der Waals surface area contributed by atoms with E-state index in [4.69, 9.17) is 4.74 Å². The summed E-state index contributed by atoms with van der Waals surface area (Å²) in [5.74, 6) is -1.33. The van der Waals surface area contributed by atoms with Gasteiger partial charge in [0, 0.05) is 12.6 Å². The van der Waals surface area contributed by atoms with Crippen molar-refractivity contribution in [2.75, 3.05) is 0 Å². The Morgan fingerprint density at radius 1 is 1.14 bits per heavy atom. The highest BCUT2D eigenvalue weighted by Gasteiger charge is 2.23. The molecule has 1 heterocycles. The number of imidazole rings is 1. The van der Waals surface area contributed by atoms with E-state index in [1.807, 2.05) is 38.1 Å². The van der Waals surface area contributed by atoms with Crippen LogP contribution in [0.15, 0.2) is 53.6 Å². The number of sulfonamides is 1. The molecular weight excluding hydrogens is 400 g/mol. The van der Waals surface area contributed by atoms with E-state index in [0.717, 1.165) is 17.7 Å². The van der Waals surface area contributed by atoms with E-state index in [-0.39, 0.29) is 0 Å². The van der Waals surface area contributed by atoms with Crippen LogP contribution in [-0.2, 0) is 16.6 Å². The first kappa shape index (κ1) is 20.9. The van der Waals surface area contributed by atoms with Crippen LogP contribution in [0, 0.1) is 18.6 Å². The molecule has 0 bridgehead atoms. The standard InChI is InChI=1S/C20H21F2N3O3S/c1-4-25-19(12-23-20(25)28-17-7-5-13(2)6-8-17)14(3)24-29(26,27)18-10-15(21)9-16(22)11-18/h5-12,14,24H,4H2,1-3H3. The maximum Gasteiger partial charge on any atom is 0.302 e. The van der Waals surface area contributed by atoms with Crippen LogP contribution in [0.2, 0.25) is 0 Å². The van der Waals surface area contributed by atoms with Crippen LogP contribution in [0.3, 0.4) is 0 Å². The Labute approximate surface area is 168 Å². The lowest BCUT2D eigenvalue weighted by molar-refractivity contribution is 0.408. The Bertz CT molecular complexity index is 1090. The van der Waals surface area contributed by atoms with Crippen molar-refractivity contribution in [1.82, 2.24) is 14.3 Å². The van der Waals surface area contributed by atoms with Crippen molar-refractivity contribution < 1.29 is 21.9 Å². The molecule has 1 N–H and O–H groups in total. The van der Waals surface area contributed by atoms with Crippen LogP contribution in [0.5, 0.6) is 11.8 Å². The molecule has 154 valence electrons. The average molecular weight is 421 g/mol. The van der Waals surface area contributed by atoms with E-state index in [0.29, 0.717) is 30.1 Å². The number of hydrogen-bond acceptors (Lipinski definition) is 4. The van der Waals surface area contributed by atoms with Crippen molar-refractivity contribution >= 4 is 10.0 Å². The highest BCUT2D eigenvalue weighted by atomic mass is 32.2. The number of benzene rings is 2. The minimum Gasteiger partial charge on any atom is -0.426 e. The third-order valence-electron chi connectivity index (χ3n) is 4.32. The van der Waals surface area contributed by atoms with Gasteiger partial charge in [-0.15, -0.1) is 0 Å². The third kappa shape index (κ3) is 4.80. The Morgan fingerprint density at radius 2 is 1.76 bits per heavy atom. The zero-order valence-electron chi connectivity index (χ0n) is 16.2. The van der Waals surface area contributed by atoms with Gasteiger partial charge in [-0.05, 0) is 45.0 Å². The lowest BCUT2D eigenvalue weighted by Crippen LogP contribution is -2.28. The molecule has 0 spiro atoms. The highest BCUT2D eigenvalue weighted by molar-refractivity contribution is 7.89. The number of rotatable bonds is 7. The SMILES string of the molecule is CCn1c(C(C)NS(=O)(=O)c2cc(F)cc(F)c2)cnc1Oc1ccc(C)cc1. The molecule has 0 amide bonds. The summed E-state index contributed by atoms with van der Waals surface area (Å²) in [6.45, 7) is 5.94. The number of hydrogen-bond donors (Lipinski definition) is 1. The zero-order chi connectivity index (χ0) is 21.2. The van der Waals surface area contributed by atoms with Crippen LogP contribution in [0.4, 0.5) is 8.78 Å². The summed E-state index contributed by atoms with van der Waals surface area (Å²) in [6.07, 6.45) is 1.51. The van der Waals surface area contributed by atoms with Gasteiger partial charge in [0.15, 0.2) is 0 Å². The topological polar surface area (TPSA) is 73.2 Å². The fourth-order valence-electron chi connectivity index (χ4n) is 2.87. The lowest BCUT2D eigenvalue weighted by atomic mass is 10.2. The Kier molecular flexibility index (Phi) is 5.99. The predicted molar refractivity (Wildman–Crippen MR) is 104 cm³/mol. The van der Waals surface area contributed by atoms with E-state index in [1.54, 1.807) is 11.5 Å². The summed E-state index contributed by atoms with van der Waals surface area (Å²) in [5, 5.41) is 0. The van der Waals surface area contributed by atoms with Gasteiger partial charge >= 0.3 is 6.01 Å². The van der Waals surface area contributed by atoms with E-state index >= 15 is 0 Å². The number of nitrogens with zero attached hydrogens (tertiary/aromatic N) is 2. The molecule has 0 fully saturated rings. The van der Waals surface area contributed by atoms with Gasteiger partial charge < -0.3 is 4.74 Å². The number of ether oxygens (including phenoxy) is 1. The molecule has 0 saturated carbocycles. The van der Waals surface area contributed by atoms with Gasteiger partial charge in [-0.3, -0.25) is 4.57 Å². The highest BCUT2D eigenvalue weighted by Crippen LogP contribution is 2.26. The van der Waals surface area contributed by atoms with Gasteiger partial charge in [-0.1, -0.05) is 17.7 Å². The van der Waals surface area contributed by atoms with Gasteiger partial charge in [-0.25, -0.2) is 26.9 Å². The molecule has 6 nitrogen and oxygen atoms in total. The van der Waals surface area contributed by atoms with Gasteiger partial charge in [0.05, 0.1) is 22.8 Å². The van der Waals surface area contributed by atoms with Gasteiger partial charge in [-0.2, -0.15) is 0 Å². The molecule has 3 aromatic rings. The van der Waals surface area contributed by atoms with Gasteiger partial charge in [0.1, 0.15) is 17.4 Å². The van der Waals surface area contributed by atoms with E-state index < -0.39 is 32.6 Å². The maximum absolute atomic E-state index is 13.4. The van der Waals surface area contributed by atoms with Crippen molar-refractivity contribution in [3.8, 4) is 11.8 Å². The van der Waals surface area contributed by atoms with Crippen LogP contribution < -0.4 is 9.46 Å². The predicted octanol–water partition coefficient (Wildman–Crippen LogP) is 4.32. The number of halogens is 2. The van der Waals surface area contributed by atoms with Crippen molar-refractivity contribution in [1.29, 1.82) is 0 Å². The summed E-state index contributed by atoms with van der Waals surface area (Å²) >= 11 is 0. The van der Waals surface area contributed by atoms with E-state index in [1.165, 1.54) is 6.20 Å². The summed E-state index contributed by atoms with van der Waals surface area (Å²) in [6, 6.07) is 9.19. The third-order valence-corrected chi connectivity index (χ3v) is 5.84. The molecule has 0 radical (unpaired) electrons. The molecule has 9 heteroatoms. The van der Waals surface area contributed by atoms with Gasteiger partial charge in [0.25, 0.3) is 0 Å². The molecule has 1 atom stereocenters. The fourth-order valence-corrected chi connectivity index (χ4v) is 4.13. The summed E-state index contributed by atoms with van der Waals surface area (Å²) in [7, 11) is -4.14. The Balaban J connectivity index is 1.84. The minimum absolute atomic E-state index is 0.314. The normalized spacial score (nSPS) is 12.7. The molecule has 29 heavy (non-hydrogen) atoms. The zero-order valence-corrected chi connectivity index (χ0v) is 17.0. The average Bonchev–Trinajstić information content (AvgIpc) is 3.05. The molecule has 1 unspecified atom stereocenters. The van der Waals surface area contributed by atoms with Crippen LogP contribution >= 0.6 is 0 Å². The number of nitrogens with one attached hydrogen (secondary N) is 1. The lowest BCUT2D eigenvalue weighted by Gasteiger charge is -2.17. The Hall–Kier alpha value is -2.78. The van der Waals surface area contributed by atoms with Crippen molar-refractivity contribution in [2.45, 2.75) is 38.3 Å². The molecule has 0 aliphatic heterocycles. The summed E-state index contributed by atoms with van der Waals surface area (Å²) < 4.78 is 61.9. The molecular formula is C20H21F2N3O3S. The number of aromatic nitrogens is 2. The van der Waals surface area contributed by atoms with E-state index in [9.17, 15) is 17.2 Å². The minimum atomic E-state index is -4.14. The monoisotopic (exact) mass is 421 g/mol. The molecule has 0 aliphatic carbocycles. The Morgan fingerprint density at radius 3 is 2.34 bits per heavy atom. The van der Waals surface area contributed by atoms with Crippen LogP contribution in [0.1, 0.15) is 31.1 Å². The summed E-state index contributed by atoms with van der Waals surface area (Å²) in [5.41, 5.74) is 1.64. The number of aryl methyl sites for hydroxylation is 1. The van der Waals surface area contributed by atoms with Crippen LogP contribution in [-0.4, -0.2) is 18.0 Å². The van der Waals surface area contributed by atoms with Crippen molar-refractivity contribution in [2.24, 2.45) is 0 Å². The van der Waals surface area contributed by atoms with Crippen LogP contribution in [0.25, 0.3) is 0 Å². The molecule has 0 saturated heterocycles. The van der Waals surface area contributed by atoms with E-state index in [2.05, 4.69) is 9.71 Å². The molecule has 2 aromatic carbocycles. The second-order valence-electron chi connectivity index (χ2n) is 6.57. The first-order chi connectivity index (χ1) is 13.7. The quantitative estimate of drug-likeness (QED) is 0.617. The van der Waals surface area contributed by atoms with Crippen molar-refractivity contribution in [3.63, 3.8) is 0 Å². The first-order valence-corrected chi connectivity index (χ1v) is 10.5. The first-order valence-electron chi connectivity index (χ1n) is 8.98. The second-order valence-corrected chi connectivity index (χ2v) is 8.29. The maximum atomic E-state index is 13.4. The second kappa shape index (κ2) is 8.30.